The molecular formula is C24H34N4O3. The Labute approximate surface area is 184 Å². The highest BCUT2D eigenvalue weighted by molar-refractivity contribution is 5.95. The van der Waals surface area contributed by atoms with E-state index in [2.05, 4.69) is 10.2 Å². The topological polar surface area (TPSA) is 73.0 Å². The monoisotopic (exact) mass is 426 g/mol. The van der Waals surface area contributed by atoms with Crippen LogP contribution in [0.25, 0.3) is 0 Å². The van der Waals surface area contributed by atoms with E-state index < -0.39 is 0 Å². The second kappa shape index (κ2) is 10.3. The number of hydrogen-bond donors (Lipinski definition) is 1. The van der Waals surface area contributed by atoms with Crippen LogP contribution in [0.15, 0.2) is 24.3 Å². The normalized spacial score (nSPS) is 22.4. The van der Waals surface area contributed by atoms with Gasteiger partial charge in [0.15, 0.2) is 0 Å². The molecule has 0 saturated carbocycles. The summed E-state index contributed by atoms with van der Waals surface area (Å²) in [5.74, 6) is 0.0342. The van der Waals surface area contributed by atoms with Crippen LogP contribution in [-0.4, -0.2) is 77.7 Å². The predicted octanol–water partition coefficient (Wildman–Crippen LogP) is 2.02. The average molecular weight is 427 g/mol. The molecule has 3 aliphatic heterocycles. The van der Waals surface area contributed by atoms with Crippen molar-refractivity contribution in [3.8, 4) is 0 Å². The fourth-order valence-corrected chi connectivity index (χ4v) is 4.93. The van der Waals surface area contributed by atoms with Crippen LogP contribution in [0, 0.1) is 0 Å². The summed E-state index contributed by atoms with van der Waals surface area (Å²) in [5, 5.41) is 3.00. The maximum absolute atomic E-state index is 12.8. The first-order chi connectivity index (χ1) is 15.1. The van der Waals surface area contributed by atoms with Gasteiger partial charge in [-0.15, -0.1) is 0 Å². The van der Waals surface area contributed by atoms with Crippen molar-refractivity contribution in [1.82, 2.24) is 20.0 Å². The molecule has 0 aliphatic carbocycles. The van der Waals surface area contributed by atoms with E-state index in [9.17, 15) is 14.4 Å². The first kappa shape index (κ1) is 21.8. The highest BCUT2D eigenvalue weighted by atomic mass is 16.2. The second-order valence-corrected chi connectivity index (χ2v) is 9.00. The lowest BCUT2D eigenvalue weighted by Crippen LogP contribution is -2.60. The SMILES string of the molecule is O=C(NCCCN1CCCCC1)c1ccc(CN2CC(=O)N3CCCC[C@H]3C2=O)cc1. The van der Waals surface area contributed by atoms with Gasteiger partial charge in [0.2, 0.25) is 11.8 Å². The first-order valence-corrected chi connectivity index (χ1v) is 11.8. The number of hydrogen-bond acceptors (Lipinski definition) is 4. The number of nitrogens with zero attached hydrogens (tertiary/aromatic N) is 3. The largest absolute Gasteiger partial charge is 0.352 e. The van der Waals surface area contributed by atoms with Crippen LogP contribution in [0.5, 0.6) is 0 Å². The Kier molecular flexibility index (Phi) is 7.22. The Morgan fingerprint density at radius 2 is 1.71 bits per heavy atom. The number of carbonyl (C=O) groups excluding carboxylic acids is 3. The van der Waals surface area contributed by atoms with Crippen LogP contribution < -0.4 is 5.32 Å². The van der Waals surface area contributed by atoms with Gasteiger partial charge in [0.05, 0.1) is 0 Å². The quantitative estimate of drug-likeness (QED) is 0.677. The minimum Gasteiger partial charge on any atom is -0.352 e. The van der Waals surface area contributed by atoms with E-state index in [1.165, 1.54) is 32.4 Å². The van der Waals surface area contributed by atoms with E-state index in [1.807, 2.05) is 12.1 Å². The molecule has 0 spiro atoms. The standard InChI is InChI=1S/C24H34N4O3/c29-22-18-27(24(31)21-7-2-5-16-28(21)22)17-19-8-10-20(11-9-19)23(30)25-12-6-15-26-13-3-1-4-14-26/h8-11,21H,1-7,12-18H2,(H,25,30)/t21-/m0/s1. The van der Waals surface area contributed by atoms with E-state index >= 15 is 0 Å². The lowest BCUT2D eigenvalue weighted by molar-refractivity contribution is -0.158. The van der Waals surface area contributed by atoms with Gasteiger partial charge in [0.1, 0.15) is 12.6 Å². The Morgan fingerprint density at radius 1 is 0.968 bits per heavy atom. The van der Waals surface area contributed by atoms with Crippen molar-refractivity contribution in [2.24, 2.45) is 0 Å². The minimum absolute atomic E-state index is 0.0462. The number of amides is 3. The molecule has 3 saturated heterocycles. The molecule has 1 atom stereocenters. The Balaban J connectivity index is 1.24. The van der Waals surface area contributed by atoms with Crippen LogP contribution in [0.3, 0.4) is 0 Å². The molecular weight excluding hydrogens is 392 g/mol. The summed E-state index contributed by atoms with van der Waals surface area (Å²) in [7, 11) is 0. The molecule has 4 rings (SSSR count). The number of benzene rings is 1. The van der Waals surface area contributed by atoms with Gasteiger partial charge in [-0.1, -0.05) is 18.6 Å². The fraction of sp³-hybridized carbons (Fsp3) is 0.625. The van der Waals surface area contributed by atoms with Crippen LogP contribution in [0.2, 0.25) is 0 Å². The van der Waals surface area contributed by atoms with Gasteiger partial charge < -0.3 is 20.0 Å². The van der Waals surface area contributed by atoms with Gasteiger partial charge in [-0.3, -0.25) is 14.4 Å². The highest BCUT2D eigenvalue weighted by Crippen LogP contribution is 2.24. The summed E-state index contributed by atoms with van der Waals surface area (Å²) in [5.41, 5.74) is 1.56. The highest BCUT2D eigenvalue weighted by Gasteiger charge is 2.40. The molecule has 0 radical (unpaired) electrons. The summed E-state index contributed by atoms with van der Waals surface area (Å²) < 4.78 is 0. The summed E-state index contributed by atoms with van der Waals surface area (Å²) in [6, 6.07) is 7.09. The number of nitrogens with one attached hydrogen (secondary N) is 1. The summed E-state index contributed by atoms with van der Waals surface area (Å²) in [4.78, 5) is 43.5. The number of likely N-dealkylation sites (tertiary alicyclic amines) is 1. The van der Waals surface area contributed by atoms with E-state index in [4.69, 9.17) is 0 Å². The van der Waals surface area contributed by atoms with Crippen molar-refractivity contribution in [2.45, 2.75) is 57.5 Å². The van der Waals surface area contributed by atoms with Gasteiger partial charge >= 0.3 is 0 Å². The summed E-state index contributed by atoms with van der Waals surface area (Å²) in [6.45, 7) is 5.34. The Hall–Kier alpha value is -2.41. The average Bonchev–Trinajstić information content (AvgIpc) is 2.81. The zero-order valence-electron chi connectivity index (χ0n) is 18.4. The molecule has 7 heteroatoms. The van der Waals surface area contributed by atoms with Crippen molar-refractivity contribution < 1.29 is 14.4 Å². The molecule has 0 unspecified atom stereocenters. The number of piperidine rings is 2. The lowest BCUT2D eigenvalue weighted by Gasteiger charge is -2.42. The van der Waals surface area contributed by atoms with Crippen molar-refractivity contribution in [3.63, 3.8) is 0 Å². The molecule has 0 bridgehead atoms. The zero-order chi connectivity index (χ0) is 21.6. The molecule has 1 N–H and O–H groups in total. The van der Waals surface area contributed by atoms with Crippen molar-refractivity contribution in [2.75, 3.05) is 39.3 Å². The molecule has 3 heterocycles. The maximum Gasteiger partial charge on any atom is 0.251 e. The number of piperazine rings is 1. The van der Waals surface area contributed by atoms with Crippen LogP contribution >= 0.6 is 0 Å². The van der Waals surface area contributed by atoms with Gasteiger partial charge in [-0.2, -0.15) is 0 Å². The minimum atomic E-state index is -0.287. The van der Waals surface area contributed by atoms with Gasteiger partial charge in [-0.25, -0.2) is 0 Å². The predicted molar refractivity (Wildman–Crippen MR) is 118 cm³/mol. The molecule has 1 aromatic carbocycles. The molecule has 3 aliphatic rings. The van der Waals surface area contributed by atoms with E-state index in [0.717, 1.165) is 37.8 Å². The molecule has 7 nitrogen and oxygen atoms in total. The Bertz CT molecular complexity index is 789. The third-order valence-corrected chi connectivity index (χ3v) is 6.72. The summed E-state index contributed by atoms with van der Waals surface area (Å²) >= 11 is 0. The molecule has 31 heavy (non-hydrogen) atoms. The number of rotatable bonds is 7. The lowest BCUT2D eigenvalue weighted by atomic mass is 9.98. The molecule has 3 amide bonds. The van der Waals surface area contributed by atoms with Gasteiger partial charge in [0, 0.05) is 25.2 Å². The maximum atomic E-state index is 12.8. The molecule has 168 valence electrons. The van der Waals surface area contributed by atoms with Crippen LogP contribution in [0.1, 0.15) is 60.9 Å². The third kappa shape index (κ3) is 5.45. The Morgan fingerprint density at radius 3 is 2.48 bits per heavy atom. The van der Waals surface area contributed by atoms with Crippen molar-refractivity contribution in [3.05, 3.63) is 35.4 Å². The van der Waals surface area contributed by atoms with Gasteiger partial charge in [0.25, 0.3) is 5.91 Å². The molecule has 0 aromatic heterocycles. The number of fused-ring (bicyclic) bond motifs is 1. The van der Waals surface area contributed by atoms with Crippen molar-refractivity contribution >= 4 is 17.7 Å². The van der Waals surface area contributed by atoms with E-state index in [1.54, 1.807) is 21.9 Å². The molecule has 3 fully saturated rings. The van der Waals surface area contributed by atoms with E-state index in [0.29, 0.717) is 25.2 Å². The van der Waals surface area contributed by atoms with Crippen LogP contribution in [0.4, 0.5) is 0 Å². The van der Waals surface area contributed by atoms with Crippen LogP contribution in [-0.2, 0) is 16.1 Å². The van der Waals surface area contributed by atoms with E-state index in [-0.39, 0.29) is 30.3 Å². The smallest absolute Gasteiger partial charge is 0.251 e. The zero-order valence-corrected chi connectivity index (χ0v) is 18.4. The first-order valence-electron chi connectivity index (χ1n) is 11.8. The molecule has 1 aromatic rings. The fourth-order valence-electron chi connectivity index (χ4n) is 4.93. The van der Waals surface area contributed by atoms with Gasteiger partial charge in [-0.05, 0) is 75.9 Å². The summed E-state index contributed by atoms with van der Waals surface area (Å²) in [6.07, 6.45) is 7.62. The third-order valence-electron chi connectivity index (χ3n) is 6.72. The van der Waals surface area contributed by atoms with Crippen molar-refractivity contribution in [1.29, 1.82) is 0 Å². The number of carbonyl (C=O) groups is 3. The second-order valence-electron chi connectivity index (χ2n) is 9.00.